The number of nitrogens with zero attached hydrogens (tertiary/aromatic N) is 1. The van der Waals surface area contributed by atoms with Gasteiger partial charge in [-0.2, -0.15) is 5.26 Å². The summed E-state index contributed by atoms with van der Waals surface area (Å²) in [7, 11) is 0. The van der Waals surface area contributed by atoms with Crippen molar-refractivity contribution in [1.29, 1.82) is 5.26 Å². The fourth-order valence-corrected chi connectivity index (χ4v) is 5.26. The van der Waals surface area contributed by atoms with Gasteiger partial charge in [0.05, 0.1) is 6.07 Å². The van der Waals surface area contributed by atoms with Gasteiger partial charge in [0.25, 0.3) is 0 Å². The van der Waals surface area contributed by atoms with Gasteiger partial charge >= 0.3 is 0 Å². The molecule has 3 nitrogen and oxygen atoms in total. The zero-order chi connectivity index (χ0) is 12.7. The molecule has 1 atom stereocenters. The Hall–Kier alpha value is -1.04. The molecular weight excluding hydrogens is 224 g/mol. The molecule has 0 aliphatic heterocycles. The molecule has 1 unspecified atom stereocenters. The lowest BCUT2D eigenvalue weighted by Gasteiger charge is -2.56. The van der Waals surface area contributed by atoms with E-state index in [1.807, 2.05) is 6.07 Å². The van der Waals surface area contributed by atoms with Crippen molar-refractivity contribution in [1.82, 2.24) is 5.32 Å². The smallest absolute Gasteiger partial charge is 0.234 e. The molecule has 0 aromatic rings. The molecule has 4 fully saturated rings. The number of amides is 1. The second-order valence-corrected chi connectivity index (χ2v) is 6.70. The predicted molar refractivity (Wildman–Crippen MR) is 68.4 cm³/mol. The van der Waals surface area contributed by atoms with Gasteiger partial charge in [-0.1, -0.05) is 0 Å². The summed E-state index contributed by atoms with van der Waals surface area (Å²) in [5.41, 5.74) is 0. The first kappa shape index (κ1) is 12.0. The third kappa shape index (κ3) is 2.02. The van der Waals surface area contributed by atoms with Crippen LogP contribution in [0.3, 0.4) is 0 Å². The van der Waals surface area contributed by atoms with Crippen molar-refractivity contribution in [2.75, 3.05) is 0 Å². The molecular formula is C15H22N2O. The summed E-state index contributed by atoms with van der Waals surface area (Å²) in [4.78, 5) is 11.6. The van der Waals surface area contributed by atoms with Crippen molar-refractivity contribution >= 4 is 5.91 Å². The summed E-state index contributed by atoms with van der Waals surface area (Å²) in [6.07, 6.45) is 7.01. The molecule has 0 radical (unpaired) electrons. The van der Waals surface area contributed by atoms with Gasteiger partial charge in [0, 0.05) is 6.04 Å². The van der Waals surface area contributed by atoms with E-state index in [1.165, 1.54) is 32.1 Å². The molecule has 4 aliphatic carbocycles. The Bertz CT molecular complexity index is 356. The molecule has 4 bridgehead atoms. The Morgan fingerprint density at radius 3 is 2.28 bits per heavy atom. The van der Waals surface area contributed by atoms with Gasteiger partial charge in [-0.25, -0.2) is 0 Å². The number of nitriles is 1. The number of hydrogen-bond acceptors (Lipinski definition) is 2. The highest BCUT2D eigenvalue weighted by molar-refractivity contribution is 5.78. The molecule has 3 heteroatoms. The van der Waals surface area contributed by atoms with Crippen LogP contribution in [0.25, 0.3) is 0 Å². The Morgan fingerprint density at radius 1 is 1.22 bits per heavy atom. The minimum atomic E-state index is -0.0983. The zero-order valence-corrected chi connectivity index (χ0v) is 11.1. The summed E-state index contributed by atoms with van der Waals surface area (Å²) < 4.78 is 0. The molecule has 1 amide bonds. The number of rotatable bonds is 3. The molecule has 4 aliphatic rings. The molecule has 0 aromatic carbocycles. The predicted octanol–water partition coefficient (Wildman–Crippen LogP) is 2.48. The zero-order valence-electron chi connectivity index (χ0n) is 11.1. The topological polar surface area (TPSA) is 52.9 Å². The summed E-state index contributed by atoms with van der Waals surface area (Å²) in [5, 5.41) is 11.6. The average molecular weight is 246 g/mol. The Morgan fingerprint density at radius 2 is 1.78 bits per heavy atom. The van der Waals surface area contributed by atoms with Crippen molar-refractivity contribution < 1.29 is 4.79 Å². The summed E-state index contributed by atoms with van der Waals surface area (Å²) >= 11 is 0. The van der Waals surface area contributed by atoms with Crippen LogP contribution in [0.2, 0.25) is 0 Å². The summed E-state index contributed by atoms with van der Waals surface area (Å²) in [5.74, 6) is 4.19. The van der Waals surface area contributed by atoms with Crippen LogP contribution in [0.1, 0.15) is 45.4 Å². The van der Waals surface area contributed by atoms with Crippen LogP contribution in [-0.2, 0) is 4.79 Å². The molecule has 1 N–H and O–H groups in total. The highest BCUT2D eigenvalue weighted by atomic mass is 16.1. The third-order valence-corrected chi connectivity index (χ3v) is 5.51. The maximum atomic E-state index is 11.6. The normalized spacial score (nSPS) is 42.3. The molecule has 0 aromatic heterocycles. The fourth-order valence-electron chi connectivity index (χ4n) is 5.26. The lowest BCUT2D eigenvalue weighted by atomic mass is 9.50. The van der Waals surface area contributed by atoms with Crippen molar-refractivity contribution in [3.63, 3.8) is 0 Å². The van der Waals surface area contributed by atoms with Crippen LogP contribution in [0, 0.1) is 40.9 Å². The van der Waals surface area contributed by atoms with Crippen molar-refractivity contribution in [2.45, 2.75) is 51.5 Å². The molecule has 0 saturated heterocycles. The van der Waals surface area contributed by atoms with E-state index >= 15 is 0 Å². The lowest BCUT2D eigenvalue weighted by molar-refractivity contribution is -0.122. The molecule has 4 saturated carbocycles. The first-order valence-electron chi connectivity index (χ1n) is 7.33. The number of carbonyl (C=O) groups excluding carboxylic acids is 1. The van der Waals surface area contributed by atoms with Gasteiger partial charge in [-0.05, 0) is 68.6 Å². The van der Waals surface area contributed by atoms with Crippen LogP contribution in [0.4, 0.5) is 0 Å². The van der Waals surface area contributed by atoms with E-state index in [0.717, 1.165) is 23.7 Å². The van der Waals surface area contributed by atoms with Crippen LogP contribution in [0.5, 0.6) is 0 Å². The quantitative estimate of drug-likeness (QED) is 0.831. The van der Waals surface area contributed by atoms with E-state index in [2.05, 4.69) is 12.2 Å². The van der Waals surface area contributed by atoms with Gasteiger partial charge in [0.1, 0.15) is 6.42 Å². The molecule has 98 valence electrons. The van der Waals surface area contributed by atoms with E-state index in [1.54, 1.807) is 0 Å². The van der Waals surface area contributed by atoms with E-state index in [0.29, 0.717) is 5.92 Å². The van der Waals surface area contributed by atoms with E-state index in [-0.39, 0.29) is 18.4 Å². The van der Waals surface area contributed by atoms with E-state index in [9.17, 15) is 4.79 Å². The average Bonchev–Trinajstić information content (AvgIpc) is 2.27. The summed E-state index contributed by atoms with van der Waals surface area (Å²) in [6.45, 7) is 2.14. The first-order chi connectivity index (χ1) is 8.67. The first-order valence-corrected chi connectivity index (χ1v) is 7.33. The van der Waals surface area contributed by atoms with Crippen LogP contribution in [-0.4, -0.2) is 11.9 Å². The second kappa shape index (κ2) is 4.57. The monoisotopic (exact) mass is 246 g/mol. The Kier molecular flexibility index (Phi) is 3.05. The van der Waals surface area contributed by atoms with E-state index < -0.39 is 0 Å². The molecule has 4 rings (SSSR count). The fraction of sp³-hybridized carbons (Fsp3) is 0.867. The number of carbonyl (C=O) groups is 1. The number of nitrogens with one attached hydrogen (secondary N) is 1. The van der Waals surface area contributed by atoms with Gasteiger partial charge < -0.3 is 5.32 Å². The van der Waals surface area contributed by atoms with Gasteiger partial charge in [0.2, 0.25) is 5.91 Å². The van der Waals surface area contributed by atoms with Gasteiger partial charge in [-0.15, -0.1) is 0 Å². The van der Waals surface area contributed by atoms with Gasteiger partial charge in [-0.3, -0.25) is 4.79 Å². The molecule has 18 heavy (non-hydrogen) atoms. The van der Waals surface area contributed by atoms with Crippen LogP contribution < -0.4 is 5.32 Å². The SMILES string of the molecule is CC(NC(=O)CC#N)C1C2CC3CC(C2)CC1C3. The van der Waals surface area contributed by atoms with Crippen LogP contribution in [0.15, 0.2) is 0 Å². The maximum Gasteiger partial charge on any atom is 0.234 e. The third-order valence-electron chi connectivity index (χ3n) is 5.51. The Labute approximate surface area is 109 Å². The van der Waals surface area contributed by atoms with Crippen LogP contribution >= 0.6 is 0 Å². The highest BCUT2D eigenvalue weighted by Gasteiger charge is 2.49. The van der Waals surface area contributed by atoms with Crippen molar-refractivity contribution in [2.24, 2.45) is 29.6 Å². The molecule has 0 heterocycles. The standard InChI is InChI=1S/C15H22N2O/c1-9(17-14(18)2-3-16)15-12-5-10-4-11(7-12)8-13(15)6-10/h9-13,15H,2,4-8H2,1H3,(H,17,18). The van der Waals surface area contributed by atoms with Crippen molar-refractivity contribution in [3.05, 3.63) is 0 Å². The Balaban J connectivity index is 1.65. The molecule has 0 spiro atoms. The second-order valence-electron chi connectivity index (χ2n) is 6.70. The minimum Gasteiger partial charge on any atom is -0.352 e. The highest BCUT2D eigenvalue weighted by Crippen LogP contribution is 2.57. The van der Waals surface area contributed by atoms with E-state index in [4.69, 9.17) is 5.26 Å². The maximum absolute atomic E-state index is 11.6. The van der Waals surface area contributed by atoms with Crippen molar-refractivity contribution in [3.8, 4) is 6.07 Å². The van der Waals surface area contributed by atoms with Gasteiger partial charge in [0.15, 0.2) is 0 Å². The largest absolute Gasteiger partial charge is 0.352 e. The lowest BCUT2D eigenvalue weighted by Crippen LogP contribution is -2.52. The number of hydrogen-bond donors (Lipinski definition) is 1. The summed E-state index contributed by atoms with van der Waals surface area (Å²) in [6, 6.07) is 2.18. The minimum absolute atomic E-state index is 0.00234.